The van der Waals surface area contributed by atoms with Gasteiger partial charge in [-0.3, -0.25) is 4.79 Å². The summed E-state index contributed by atoms with van der Waals surface area (Å²) in [7, 11) is 0. The highest BCUT2D eigenvalue weighted by atomic mass is 32.2. The van der Waals surface area contributed by atoms with Crippen molar-refractivity contribution >= 4 is 28.4 Å². The summed E-state index contributed by atoms with van der Waals surface area (Å²) >= 11 is 1.39. The lowest BCUT2D eigenvalue weighted by molar-refractivity contribution is -0.128. The number of hydrogen-bond acceptors (Lipinski definition) is 5. The van der Waals surface area contributed by atoms with E-state index in [0.717, 1.165) is 48.4 Å². The van der Waals surface area contributed by atoms with Crippen LogP contribution in [0.4, 0.5) is 0 Å². The second kappa shape index (κ2) is 6.93. The van der Waals surface area contributed by atoms with E-state index < -0.39 is 0 Å². The quantitative estimate of drug-likeness (QED) is 0.502. The number of nitrogens with zero attached hydrogens (tertiary/aromatic N) is 4. The van der Waals surface area contributed by atoms with Gasteiger partial charge in [-0.25, -0.2) is 4.98 Å². The van der Waals surface area contributed by atoms with Crippen LogP contribution in [-0.4, -0.2) is 44.8 Å². The molecule has 5 rings (SSSR count). The number of rotatable bonds is 3. The van der Waals surface area contributed by atoms with Crippen molar-refractivity contribution in [3.63, 3.8) is 0 Å². The second-order valence-corrected chi connectivity index (χ2v) is 8.03. The molecule has 6 heteroatoms. The van der Waals surface area contributed by atoms with E-state index in [1.807, 2.05) is 17.0 Å². The molecule has 0 saturated carbocycles. The van der Waals surface area contributed by atoms with Crippen molar-refractivity contribution in [3.8, 4) is 22.5 Å². The van der Waals surface area contributed by atoms with Crippen LogP contribution in [-0.2, 0) is 4.79 Å². The Balaban J connectivity index is 1.38. The van der Waals surface area contributed by atoms with Gasteiger partial charge in [0.15, 0.2) is 0 Å². The maximum Gasteiger partial charge on any atom is 0.233 e. The summed E-state index contributed by atoms with van der Waals surface area (Å²) < 4.78 is 0. The highest BCUT2D eigenvalue weighted by Crippen LogP contribution is 2.44. The van der Waals surface area contributed by atoms with Crippen LogP contribution >= 0.6 is 11.8 Å². The first-order valence-corrected chi connectivity index (χ1v) is 10.5. The fraction of sp³-hybridized carbons (Fsp3) is 0.333. The third-order valence-corrected chi connectivity index (χ3v) is 6.19. The Bertz CT molecular complexity index is 1020. The lowest BCUT2D eigenvalue weighted by Gasteiger charge is -2.19. The zero-order valence-electron chi connectivity index (χ0n) is 15.0. The first-order chi connectivity index (χ1) is 13.3. The minimum Gasteiger partial charge on any atom is -0.342 e. The number of fused-ring (bicyclic) bond motifs is 3. The van der Waals surface area contributed by atoms with E-state index in [1.54, 1.807) is 0 Å². The minimum atomic E-state index is 0.177. The summed E-state index contributed by atoms with van der Waals surface area (Å²) in [6.45, 7) is 1.75. The van der Waals surface area contributed by atoms with E-state index in [1.165, 1.54) is 35.4 Å². The lowest BCUT2D eigenvalue weighted by atomic mass is 10.0. The number of aromatic nitrogens is 3. The fourth-order valence-electron chi connectivity index (χ4n) is 4.01. The van der Waals surface area contributed by atoms with Gasteiger partial charge in [0, 0.05) is 29.6 Å². The fourth-order valence-corrected chi connectivity index (χ4v) is 4.70. The van der Waals surface area contributed by atoms with Gasteiger partial charge < -0.3 is 4.90 Å². The van der Waals surface area contributed by atoms with Gasteiger partial charge in [-0.15, -0.1) is 10.2 Å². The SMILES string of the molecule is O=C(CSc1nnc2c(n1)-c1cccc3cccc-2c13)N1CCCCCC1. The molecule has 0 N–H and O–H groups in total. The molecule has 0 spiro atoms. The van der Waals surface area contributed by atoms with Gasteiger partial charge in [-0.05, 0) is 18.2 Å². The van der Waals surface area contributed by atoms with Gasteiger partial charge in [0.05, 0.1) is 5.75 Å². The largest absolute Gasteiger partial charge is 0.342 e. The van der Waals surface area contributed by atoms with Gasteiger partial charge in [0.25, 0.3) is 0 Å². The highest BCUT2D eigenvalue weighted by molar-refractivity contribution is 7.99. The zero-order valence-corrected chi connectivity index (χ0v) is 15.8. The molecule has 27 heavy (non-hydrogen) atoms. The Labute approximate surface area is 162 Å². The number of benzene rings is 2. The van der Waals surface area contributed by atoms with E-state index in [2.05, 4.69) is 34.5 Å². The summed E-state index contributed by atoms with van der Waals surface area (Å²) in [5, 5.41) is 11.7. The summed E-state index contributed by atoms with van der Waals surface area (Å²) in [5.41, 5.74) is 3.91. The number of hydrogen-bond donors (Lipinski definition) is 0. The third-order valence-electron chi connectivity index (χ3n) is 5.37. The summed E-state index contributed by atoms with van der Waals surface area (Å²) in [5.74, 6) is 0.550. The van der Waals surface area contributed by atoms with E-state index in [4.69, 9.17) is 4.98 Å². The number of amides is 1. The smallest absolute Gasteiger partial charge is 0.233 e. The van der Waals surface area contributed by atoms with Crippen molar-refractivity contribution in [2.24, 2.45) is 0 Å². The van der Waals surface area contributed by atoms with Crippen molar-refractivity contribution in [2.75, 3.05) is 18.8 Å². The molecule has 1 aliphatic heterocycles. The first-order valence-electron chi connectivity index (χ1n) is 9.49. The van der Waals surface area contributed by atoms with Crippen LogP contribution in [0.25, 0.3) is 33.3 Å². The lowest BCUT2D eigenvalue weighted by Crippen LogP contribution is -2.33. The Morgan fingerprint density at radius 1 is 0.926 bits per heavy atom. The Morgan fingerprint density at radius 3 is 2.37 bits per heavy atom. The number of carbonyl (C=O) groups is 1. The second-order valence-electron chi connectivity index (χ2n) is 7.08. The molecular formula is C21H20N4OS. The number of carbonyl (C=O) groups excluding carboxylic acids is 1. The topological polar surface area (TPSA) is 59.0 Å². The van der Waals surface area contributed by atoms with E-state index in [-0.39, 0.29) is 5.91 Å². The van der Waals surface area contributed by atoms with Crippen LogP contribution in [0.3, 0.4) is 0 Å². The van der Waals surface area contributed by atoms with Gasteiger partial charge in [0.1, 0.15) is 11.4 Å². The molecule has 0 unspecified atom stereocenters. The molecule has 2 aliphatic rings. The Hall–Kier alpha value is -2.47. The molecule has 1 fully saturated rings. The van der Waals surface area contributed by atoms with Crippen molar-refractivity contribution in [3.05, 3.63) is 36.4 Å². The summed E-state index contributed by atoms with van der Waals surface area (Å²) in [6, 6.07) is 12.5. The van der Waals surface area contributed by atoms with Crippen LogP contribution in [0.1, 0.15) is 25.7 Å². The average Bonchev–Trinajstić information content (AvgIpc) is 2.88. The first kappa shape index (κ1) is 16.7. The maximum absolute atomic E-state index is 12.5. The average molecular weight is 376 g/mol. The summed E-state index contributed by atoms with van der Waals surface area (Å²) in [6.07, 6.45) is 4.66. The molecule has 5 nitrogen and oxygen atoms in total. The third kappa shape index (κ3) is 2.98. The van der Waals surface area contributed by atoms with Crippen LogP contribution in [0.2, 0.25) is 0 Å². The molecule has 0 atom stereocenters. The number of thioether (sulfide) groups is 1. The van der Waals surface area contributed by atoms with E-state index in [9.17, 15) is 4.79 Å². The van der Waals surface area contributed by atoms with Crippen molar-refractivity contribution in [2.45, 2.75) is 30.8 Å². The Kier molecular flexibility index (Phi) is 4.28. The molecule has 1 saturated heterocycles. The standard InChI is InChI=1S/C21H20N4OS/c26-17(25-11-3-1-2-4-12-25)13-27-21-22-19-15-9-5-7-14-8-6-10-16(18(14)15)20(19)23-24-21/h5-10H,1-4,11-13H2. The molecule has 136 valence electrons. The molecule has 3 aromatic rings. The monoisotopic (exact) mass is 376 g/mol. The minimum absolute atomic E-state index is 0.177. The molecule has 1 aromatic heterocycles. The molecule has 0 radical (unpaired) electrons. The molecule has 1 aliphatic carbocycles. The van der Waals surface area contributed by atoms with Crippen molar-refractivity contribution in [1.29, 1.82) is 0 Å². The zero-order chi connectivity index (χ0) is 18.2. The molecule has 2 heterocycles. The molecule has 1 amide bonds. The van der Waals surface area contributed by atoms with E-state index in [0.29, 0.717) is 10.9 Å². The van der Waals surface area contributed by atoms with Gasteiger partial charge in [-0.1, -0.05) is 61.0 Å². The van der Waals surface area contributed by atoms with Gasteiger partial charge in [-0.2, -0.15) is 0 Å². The molecule has 2 aromatic carbocycles. The van der Waals surface area contributed by atoms with Crippen LogP contribution in [0, 0.1) is 0 Å². The van der Waals surface area contributed by atoms with E-state index >= 15 is 0 Å². The van der Waals surface area contributed by atoms with Crippen LogP contribution < -0.4 is 0 Å². The van der Waals surface area contributed by atoms with Crippen molar-refractivity contribution in [1.82, 2.24) is 20.1 Å². The van der Waals surface area contributed by atoms with Gasteiger partial charge in [0.2, 0.25) is 11.1 Å². The maximum atomic E-state index is 12.5. The highest BCUT2D eigenvalue weighted by Gasteiger charge is 2.25. The van der Waals surface area contributed by atoms with Crippen molar-refractivity contribution < 1.29 is 4.79 Å². The number of likely N-dealkylation sites (tertiary alicyclic amines) is 1. The predicted octanol–water partition coefficient (Wildman–Crippen LogP) is 4.17. The summed E-state index contributed by atoms with van der Waals surface area (Å²) in [4.78, 5) is 19.3. The molecular weight excluding hydrogens is 356 g/mol. The Morgan fingerprint density at radius 2 is 1.63 bits per heavy atom. The van der Waals surface area contributed by atoms with Crippen LogP contribution in [0.5, 0.6) is 0 Å². The molecule has 0 bridgehead atoms. The normalized spacial score (nSPS) is 15.6. The van der Waals surface area contributed by atoms with Gasteiger partial charge >= 0.3 is 0 Å². The van der Waals surface area contributed by atoms with Crippen LogP contribution in [0.15, 0.2) is 41.6 Å². The predicted molar refractivity (Wildman–Crippen MR) is 108 cm³/mol.